The average Bonchev–Trinajstić information content (AvgIpc) is 2.10. The molecule has 8 heteroatoms. The molecule has 0 rings (SSSR count). The first kappa shape index (κ1) is 17.2. The second-order valence-corrected chi connectivity index (χ2v) is 7.14. The first-order chi connectivity index (χ1) is 7.18. The van der Waals surface area contributed by atoms with Crippen LogP contribution in [0.25, 0.3) is 0 Å². The number of hydrogen-bond acceptors (Lipinski definition) is 2. The quantitative estimate of drug-likeness (QED) is 0.328. The van der Waals surface area contributed by atoms with E-state index in [1.54, 1.807) is 0 Å². The number of thiol groups is 1. The Kier molecular flexibility index (Phi) is 8.19. The Bertz CT molecular complexity index is 277. The summed E-state index contributed by atoms with van der Waals surface area (Å²) in [5, 5.41) is 0.865. The Labute approximate surface area is 124 Å². The molecule has 0 fully saturated rings. The minimum absolute atomic E-state index is 0.322. The highest BCUT2D eigenvalue weighted by atomic mass is 79.9. The second kappa shape index (κ2) is 7.61. The minimum Gasteiger partial charge on any atom is -0.194 e. The number of halogens is 6. The predicted octanol–water partition coefficient (Wildman–Crippen LogP) is 5.68. The maximum Gasteiger partial charge on any atom is 0.304 e. The molecule has 0 amide bonds. The molecule has 16 heavy (non-hydrogen) atoms. The van der Waals surface area contributed by atoms with Gasteiger partial charge in [0, 0.05) is 11.8 Å². The maximum absolute atomic E-state index is 12.5. The van der Waals surface area contributed by atoms with Crippen LogP contribution in [0.1, 0.15) is 6.42 Å². The molecule has 0 saturated carbocycles. The minimum atomic E-state index is -2.93. The summed E-state index contributed by atoms with van der Waals surface area (Å²) in [7, 11) is 0. The topological polar surface area (TPSA) is 0 Å². The van der Waals surface area contributed by atoms with Gasteiger partial charge in [0.05, 0.1) is 4.08 Å². The van der Waals surface area contributed by atoms with Gasteiger partial charge in [0.15, 0.2) is 5.29 Å². The van der Waals surface area contributed by atoms with Crippen LogP contribution in [0.15, 0.2) is 22.8 Å². The van der Waals surface area contributed by atoms with Crippen LogP contribution in [0.4, 0.5) is 13.2 Å². The zero-order chi connectivity index (χ0) is 12.8. The molecular weight excluding hydrogens is 412 g/mol. The molecule has 0 N–H and O–H groups in total. The highest BCUT2D eigenvalue weighted by Gasteiger charge is 2.23. The van der Waals surface area contributed by atoms with E-state index in [2.05, 4.69) is 44.5 Å². The summed E-state index contributed by atoms with van der Waals surface area (Å²) < 4.78 is 36.3. The summed E-state index contributed by atoms with van der Waals surface area (Å²) in [6.45, 7) is 0. The van der Waals surface area contributed by atoms with E-state index < -0.39 is 20.6 Å². The lowest BCUT2D eigenvalue weighted by Gasteiger charge is -2.18. The van der Waals surface area contributed by atoms with Crippen molar-refractivity contribution in [2.24, 2.45) is 0 Å². The zero-order valence-electron chi connectivity index (χ0n) is 7.77. The molecule has 94 valence electrons. The normalized spacial score (nSPS) is 17.8. The summed E-state index contributed by atoms with van der Waals surface area (Å²) in [6.07, 6.45) is 1.92. The summed E-state index contributed by atoms with van der Waals surface area (Å²) in [4.78, 5) is -2.93. The molecule has 0 aromatic rings. The first-order valence-corrected chi connectivity index (χ1v) is 7.52. The third-order valence-electron chi connectivity index (χ3n) is 1.24. The van der Waals surface area contributed by atoms with E-state index in [-0.39, 0.29) is 0 Å². The summed E-state index contributed by atoms with van der Waals surface area (Å²) in [5.74, 6) is 0. The molecule has 0 aliphatic heterocycles. The fourth-order valence-corrected chi connectivity index (χ4v) is 2.65. The van der Waals surface area contributed by atoms with Crippen LogP contribution in [0, 0.1) is 0 Å². The number of allylic oxidation sites excluding steroid dienone is 1. The molecule has 0 radical (unpaired) electrons. The monoisotopic (exact) mass is 418 g/mol. The van der Waals surface area contributed by atoms with Crippen LogP contribution in [-0.2, 0) is 0 Å². The highest BCUT2D eigenvalue weighted by Crippen LogP contribution is 2.36. The SMILES string of the molecule is FC(Cl)=CC(S)(CBr)SC=CCC(F)(F)Br. The van der Waals surface area contributed by atoms with Crippen molar-refractivity contribution in [1.82, 2.24) is 0 Å². The third kappa shape index (κ3) is 9.27. The fourth-order valence-electron chi connectivity index (χ4n) is 0.622. The van der Waals surface area contributed by atoms with E-state index in [4.69, 9.17) is 11.6 Å². The van der Waals surface area contributed by atoms with Crippen molar-refractivity contribution in [3.05, 3.63) is 22.8 Å². The third-order valence-corrected chi connectivity index (χ3v) is 4.97. The van der Waals surface area contributed by atoms with Gasteiger partial charge >= 0.3 is 4.83 Å². The van der Waals surface area contributed by atoms with Crippen molar-refractivity contribution in [3.63, 3.8) is 0 Å². The van der Waals surface area contributed by atoms with E-state index in [1.165, 1.54) is 11.5 Å². The Balaban J connectivity index is 4.30. The lowest BCUT2D eigenvalue weighted by molar-refractivity contribution is 0.119. The van der Waals surface area contributed by atoms with Gasteiger partial charge in [-0.25, -0.2) is 0 Å². The van der Waals surface area contributed by atoms with Crippen molar-refractivity contribution >= 4 is 67.9 Å². The summed E-state index contributed by atoms with van der Waals surface area (Å²) >= 11 is 15.7. The number of rotatable bonds is 6. The summed E-state index contributed by atoms with van der Waals surface area (Å²) in [5.41, 5.74) is 0. The van der Waals surface area contributed by atoms with Gasteiger partial charge in [0.1, 0.15) is 0 Å². The van der Waals surface area contributed by atoms with Crippen molar-refractivity contribution in [1.29, 1.82) is 0 Å². The summed E-state index contributed by atoms with van der Waals surface area (Å²) in [6, 6.07) is 0. The molecule has 0 aliphatic carbocycles. The van der Waals surface area contributed by atoms with Gasteiger partial charge in [0.2, 0.25) is 0 Å². The average molecular weight is 421 g/mol. The molecule has 0 saturated heterocycles. The Hall–Kier alpha value is 1.22. The van der Waals surface area contributed by atoms with Crippen molar-refractivity contribution in [2.45, 2.75) is 15.3 Å². The van der Waals surface area contributed by atoms with Crippen LogP contribution in [-0.4, -0.2) is 14.2 Å². The smallest absolute Gasteiger partial charge is 0.194 e. The van der Waals surface area contributed by atoms with Crippen LogP contribution in [0.2, 0.25) is 0 Å². The van der Waals surface area contributed by atoms with Gasteiger partial charge in [-0.1, -0.05) is 33.6 Å². The fraction of sp³-hybridized carbons (Fsp3) is 0.500. The lowest BCUT2D eigenvalue weighted by atomic mass is 10.4. The molecule has 0 bridgehead atoms. The van der Waals surface area contributed by atoms with Crippen molar-refractivity contribution in [2.75, 3.05) is 5.33 Å². The second-order valence-electron chi connectivity index (χ2n) is 2.72. The van der Waals surface area contributed by atoms with Crippen molar-refractivity contribution < 1.29 is 13.2 Å². The molecule has 0 aromatic heterocycles. The van der Waals surface area contributed by atoms with Gasteiger partial charge < -0.3 is 0 Å². The number of hydrogen-bond donors (Lipinski definition) is 1. The zero-order valence-corrected chi connectivity index (χ0v) is 13.4. The van der Waals surface area contributed by atoms with Gasteiger partial charge in [-0.05, 0) is 27.4 Å². The number of thioether (sulfide) groups is 1. The van der Waals surface area contributed by atoms with Gasteiger partial charge in [-0.3, -0.25) is 0 Å². The van der Waals surface area contributed by atoms with Crippen LogP contribution < -0.4 is 0 Å². The molecule has 1 atom stereocenters. The van der Waals surface area contributed by atoms with E-state index in [0.717, 1.165) is 17.8 Å². The molecule has 0 aromatic carbocycles. The molecule has 0 nitrogen and oxygen atoms in total. The molecule has 0 aliphatic rings. The lowest BCUT2D eigenvalue weighted by Crippen LogP contribution is -2.14. The standard InChI is InChI=1S/C8H8Br2ClF3S2/c9-5-7(15,4-6(11)12)16-3-1-2-8(10,13)14/h1,3-4,15H,2,5H2. The van der Waals surface area contributed by atoms with Gasteiger partial charge in [-0.15, -0.1) is 11.8 Å². The van der Waals surface area contributed by atoms with Gasteiger partial charge in [0.25, 0.3) is 0 Å². The number of alkyl halides is 4. The first-order valence-electron chi connectivity index (χ1n) is 3.90. The van der Waals surface area contributed by atoms with E-state index in [1.807, 2.05) is 0 Å². The molecule has 0 heterocycles. The van der Waals surface area contributed by atoms with Crippen LogP contribution >= 0.6 is 67.9 Å². The van der Waals surface area contributed by atoms with E-state index in [0.29, 0.717) is 5.33 Å². The highest BCUT2D eigenvalue weighted by molar-refractivity contribution is 9.10. The predicted molar refractivity (Wildman–Crippen MR) is 75.8 cm³/mol. The molecule has 0 spiro atoms. The largest absolute Gasteiger partial charge is 0.304 e. The van der Waals surface area contributed by atoms with Crippen LogP contribution in [0.3, 0.4) is 0 Å². The van der Waals surface area contributed by atoms with Crippen molar-refractivity contribution in [3.8, 4) is 0 Å². The van der Waals surface area contributed by atoms with Crippen LogP contribution in [0.5, 0.6) is 0 Å². The van der Waals surface area contributed by atoms with Gasteiger partial charge in [-0.2, -0.15) is 25.8 Å². The van der Waals surface area contributed by atoms with E-state index >= 15 is 0 Å². The van der Waals surface area contributed by atoms with E-state index in [9.17, 15) is 13.2 Å². The molecular formula is C8H8Br2ClF3S2. The maximum atomic E-state index is 12.5. The molecule has 1 unspecified atom stereocenters. The Morgan fingerprint density at radius 2 is 2.06 bits per heavy atom. The Morgan fingerprint density at radius 3 is 2.44 bits per heavy atom. The Morgan fingerprint density at radius 1 is 1.50 bits per heavy atom.